The fourth-order valence-corrected chi connectivity index (χ4v) is 1.43. The highest BCUT2D eigenvalue weighted by Gasteiger charge is 2.00. The summed E-state index contributed by atoms with van der Waals surface area (Å²) in [6.07, 6.45) is 5.63. The Balaban J connectivity index is 3.49. The van der Waals surface area contributed by atoms with Crippen molar-refractivity contribution in [3.63, 3.8) is 0 Å². The van der Waals surface area contributed by atoms with Crippen LogP contribution in [0.4, 0.5) is 0 Å². The average molecular weight is 175 g/mol. The second kappa shape index (κ2) is 7.26. The van der Waals surface area contributed by atoms with Crippen molar-refractivity contribution < 1.29 is 0 Å². The lowest BCUT2D eigenvalue weighted by molar-refractivity contribution is 0.703. The quantitative estimate of drug-likeness (QED) is 0.470. The molecule has 3 heteroatoms. The predicted molar refractivity (Wildman–Crippen MR) is 51.9 cm³/mol. The van der Waals surface area contributed by atoms with Crippen LogP contribution >= 0.6 is 24.0 Å². The summed E-state index contributed by atoms with van der Waals surface area (Å²) < 4.78 is 0. The molecule has 58 valence electrons. The van der Waals surface area contributed by atoms with Crippen LogP contribution in [0.3, 0.4) is 0 Å². The Hall–Kier alpha value is 0.150. The fourth-order valence-electron chi connectivity index (χ4n) is 0.673. The molecule has 1 atom stereocenters. The number of nitrogens with zero attached hydrogens (tertiary/aromatic N) is 1. The SMILES string of the molecule is CCCCC(N=C=S)SC. The van der Waals surface area contributed by atoms with E-state index in [0.29, 0.717) is 5.37 Å². The average Bonchev–Trinajstić information content (AvgIpc) is 1.98. The Morgan fingerprint density at radius 2 is 2.40 bits per heavy atom. The molecule has 0 rings (SSSR count). The van der Waals surface area contributed by atoms with Gasteiger partial charge < -0.3 is 0 Å². The molecule has 0 heterocycles. The molecule has 0 amide bonds. The first kappa shape index (κ1) is 10.2. The molecule has 0 aromatic carbocycles. The number of unbranched alkanes of at least 4 members (excludes halogenated alkanes) is 1. The van der Waals surface area contributed by atoms with E-state index in [1.54, 1.807) is 11.8 Å². The van der Waals surface area contributed by atoms with Gasteiger partial charge in [0, 0.05) is 0 Å². The zero-order valence-corrected chi connectivity index (χ0v) is 8.10. The molecule has 1 nitrogen and oxygen atoms in total. The number of aliphatic imine (C=N–C) groups is 1. The molecule has 0 aliphatic rings. The van der Waals surface area contributed by atoms with E-state index in [9.17, 15) is 0 Å². The minimum atomic E-state index is 0.345. The van der Waals surface area contributed by atoms with Crippen LogP contribution < -0.4 is 0 Å². The van der Waals surface area contributed by atoms with E-state index in [1.165, 1.54) is 12.8 Å². The van der Waals surface area contributed by atoms with Crippen molar-refractivity contribution in [1.29, 1.82) is 0 Å². The maximum Gasteiger partial charge on any atom is 0.105 e. The van der Waals surface area contributed by atoms with E-state index in [1.807, 2.05) is 0 Å². The second-order valence-electron chi connectivity index (χ2n) is 2.05. The van der Waals surface area contributed by atoms with Crippen molar-refractivity contribution in [3.05, 3.63) is 0 Å². The Kier molecular flexibility index (Phi) is 7.37. The lowest BCUT2D eigenvalue weighted by Gasteiger charge is -2.04. The van der Waals surface area contributed by atoms with E-state index < -0.39 is 0 Å². The number of thioether (sulfide) groups is 1. The highest BCUT2D eigenvalue weighted by atomic mass is 32.2. The summed E-state index contributed by atoms with van der Waals surface area (Å²) in [5, 5.41) is 2.76. The number of hydrogen-bond donors (Lipinski definition) is 0. The lowest BCUT2D eigenvalue weighted by atomic mass is 10.2. The highest BCUT2D eigenvalue weighted by Crippen LogP contribution is 2.14. The molecule has 0 N–H and O–H groups in total. The molecule has 0 spiro atoms. The molecule has 0 aliphatic carbocycles. The van der Waals surface area contributed by atoms with Gasteiger partial charge in [-0.2, -0.15) is 0 Å². The van der Waals surface area contributed by atoms with Gasteiger partial charge in [-0.25, -0.2) is 4.99 Å². The first-order chi connectivity index (χ1) is 4.85. The summed E-state index contributed by atoms with van der Waals surface area (Å²) in [6.45, 7) is 2.18. The molecule has 0 saturated heterocycles. The van der Waals surface area contributed by atoms with Crippen LogP contribution in [0.2, 0.25) is 0 Å². The zero-order valence-electron chi connectivity index (χ0n) is 6.46. The summed E-state index contributed by atoms with van der Waals surface area (Å²) in [5.41, 5.74) is 0. The Morgan fingerprint density at radius 1 is 1.70 bits per heavy atom. The molecule has 0 saturated carbocycles. The van der Waals surface area contributed by atoms with Gasteiger partial charge in [0.25, 0.3) is 0 Å². The third kappa shape index (κ3) is 4.98. The van der Waals surface area contributed by atoms with E-state index in [0.717, 1.165) is 6.42 Å². The maximum absolute atomic E-state index is 4.51. The van der Waals surface area contributed by atoms with Crippen LogP contribution in [0.25, 0.3) is 0 Å². The van der Waals surface area contributed by atoms with Crippen LogP contribution in [0, 0.1) is 0 Å². The highest BCUT2D eigenvalue weighted by molar-refractivity contribution is 7.99. The largest absolute Gasteiger partial charge is 0.218 e. The van der Waals surface area contributed by atoms with Gasteiger partial charge in [-0.05, 0) is 24.9 Å². The minimum absolute atomic E-state index is 0.345. The Morgan fingerprint density at radius 3 is 2.80 bits per heavy atom. The first-order valence-corrected chi connectivity index (χ1v) is 5.14. The molecule has 0 aliphatic heterocycles. The molecule has 0 fully saturated rings. The summed E-state index contributed by atoms with van der Waals surface area (Å²) in [5.74, 6) is 0. The van der Waals surface area contributed by atoms with Crippen LogP contribution in [0.15, 0.2) is 4.99 Å². The third-order valence-corrected chi connectivity index (χ3v) is 2.26. The molecule has 1 unspecified atom stereocenters. The van der Waals surface area contributed by atoms with Gasteiger partial charge in [-0.3, -0.25) is 0 Å². The fraction of sp³-hybridized carbons (Fsp3) is 0.857. The van der Waals surface area contributed by atoms with Gasteiger partial charge in [0.15, 0.2) is 0 Å². The number of rotatable bonds is 5. The van der Waals surface area contributed by atoms with Crippen LogP contribution in [0.5, 0.6) is 0 Å². The normalized spacial score (nSPS) is 12.2. The van der Waals surface area contributed by atoms with Crippen LogP contribution in [-0.4, -0.2) is 16.8 Å². The van der Waals surface area contributed by atoms with Gasteiger partial charge in [0.2, 0.25) is 0 Å². The molecular weight excluding hydrogens is 162 g/mol. The van der Waals surface area contributed by atoms with Crippen LogP contribution in [-0.2, 0) is 0 Å². The topological polar surface area (TPSA) is 12.4 Å². The third-order valence-electron chi connectivity index (χ3n) is 1.27. The smallest absolute Gasteiger partial charge is 0.105 e. The minimum Gasteiger partial charge on any atom is -0.218 e. The molecule has 10 heavy (non-hydrogen) atoms. The Bertz CT molecular complexity index is 119. The van der Waals surface area contributed by atoms with Crippen molar-refractivity contribution in [2.45, 2.75) is 31.6 Å². The second-order valence-corrected chi connectivity index (χ2v) is 3.25. The van der Waals surface area contributed by atoms with Crippen molar-refractivity contribution in [3.8, 4) is 0 Å². The standard InChI is InChI=1S/C7H13NS2/c1-3-4-5-7(10-2)8-6-9/h7H,3-5H2,1-2H3. The van der Waals surface area contributed by atoms with E-state index >= 15 is 0 Å². The van der Waals surface area contributed by atoms with Gasteiger partial charge in [-0.15, -0.1) is 11.8 Å². The molecule has 0 aromatic heterocycles. The first-order valence-electron chi connectivity index (χ1n) is 3.45. The van der Waals surface area contributed by atoms with Crippen molar-refractivity contribution >= 4 is 29.1 Å². The van der Waals surface area contributed by atoms with E-state index in [-0.39, 0.29) is 0 Å². The maximum atomic E-state index is 4.51. The molecule has 0 radical (unpaired) electrons. The van der Waals surface area contributed by atoms with Crippen LogP contribution in [0.1, 0.15) is 26.2 Å². The van der Waals surface area contributed by atoms with Gasteiger partial charge in [0.1, 0.15) is 5.37 Å². The number of hydrogen-bond acceptors (Lipinski definition) is 3. The number of isothiocyanates is 1. The molecule has 0 aromatic rings. The lowest BCUT2D eigenvalue weighted by Crippen LogP contribution is -1.95. The molecular formula is C7H13NS2. The van der Waals surface area contributed by atoms with Crippen molar-refractivity contribution in [2.24, 2.45) is 4.99 Å². The summed E-state index contributed by atoms with van der Waals surface area (Å²) >= 11 is 6.25. The van der Waals surface area contributed by atoms with Gasteiger partial charge in [0.05, 0.1) is 5.16 Å². The summed E-state index contributed by atoms with van der Waals surface area (Å²) in [4.78, 5) is 4.01. The van der Waals surface area contributed by atoms with Crippen molar-refractivity contribution in [1.82, 2.24) is 0 Å². The predicted octanol–water partition coefficient (Wildman–Crippen LogP) is 2.97. The summed E-state index contributed by atoms with van der Waals surface area (Å²) in [6, 6.07) is 0. The van der Waals surface area contributed by atoms with Crippen molar-refractivity contribution in [2.75, 3.05) is 6.26 Å². The Labute approximate surface area is 72.3 Å². The van der Waals surface area contributed by atoms with Gasteiger partial charge >= 0.3 is 0 Å². The molecule has 0 bridgehead atoms. The monoisotopic (exact) mass is 175 g/mol. The number of thiocarbonyl (C=S) groups is 1. The summed E-state index contributed by atoms with van der Waals surface area (Å²) in [7, 11) is 0. The zero-order chi connectivity index (χ0) is 7.82. The van der Waals surface area contributed by atoms with E-state index in [4.69, 9.17) is 0 Å². The van der Waals surface area contributed by atoms with E-state index in [2.05, 4.69) is 35.6 Å². The van der Waals surface area contributed by atoms with Gasteiger partial charge in [-0.1, -0.05) is 19.8 Å².